The molecule has 2 rings (SSSR count). The molecular formula is C16H28N2O2. The molecule has 1 aromatic heterocycles. The van der Waals surface area contributed by atoms with Gasteiger partial charge >= 0.3 is 0 Å². The Labute approximate surface area is 121 Å². The smallest absolute Gasteiger partial charge is 0.0632 e. The Balaban J connectivity index is 2.06. The molecule has 1 fully saturated rings. The zero-order chi connectivity index (χ0) is 14.6. The number of rotatable bonds is 7. The summed E-state index contributed by atoms with van der Waals surface area (Å²) in [7, 11) is 0. The molecular weight excluding hydrogens is 252 g/mol. The van der Waals surface area contributed by atoms with Gasteiger partial charge in [0.25, 0.3) is 0 Å². The van der Waals surface area contributed by atoms with Crippen molar-refractivity contribution >= 4 is 0 Å². The fourth-order valence-corrected chi connectivity index (χ4v) is 3.46. The molecule has 0 spiro atoms. The number of aromatic nitrogens is 2. The molecule has 0 radical (unpaired) electrons. The standard InChI is InChI=1S/C16H28N2O2/c1-13(2)9-16(11-19,12-20)10-14-7-8-18(17-14)15-5-3-4-6-15/h7-8,13,15,19-20H,3-6,9-12H2,1-2H3. The van der Waals surface area contributed by atoms with Crippen LogP contribution in [-0.2, 0) is 6.42 Å². The van der Waals surface area contributed by atoms with Gasteiger partial charge in [0.1, 0.15) is 0 Å². The molecule has 0 aliphatic heterocycles. The molecule has 114 valence electrons. The van der Waals surface area contributed by atoms with E-state index in [2.05, 4.69) is 29.8 Å². The van der Waals surface area contributed by atoms with Crippen LogP contribution in [0.5, 0.6) is 0 Å². The molecule has 4 nitrogen and oxygen atoms in total. The highest BCUT2D eigenvalue weighted by molar-refractivity contribution is 5.05. The van der Waals surface area contributed by atoms with Crippen LogP contribution in [-0.4, -0.2) is 33.2 Å². The Kier molecular flexibility index (Phi) is 5.22. The second-order valence-corrected chi connectivity index (χ2v) is 6.82. The lowest BCUT2D eigenvalue weighted by Crippen LogP contribution is -2.34. The third kappa shape index (κ3) is 3.61. The van der Waals surface area contributed by atoms with E-state index < -0.39 is 5.41 Å². The van der Waals surface area contributed by atoms with E-state index in [0.29, 0.717) is 18.4 Å². The van der Waals surface area contributed by atoms with E-state index in [1.54, 1.807) is 0 Å². The second kappa shape index (κ2) is 6.72. The van der Waals surface area contributed by atoms with Crippen molar-refractivity contribution in [2.75, 3.05) is 13.2 Å². The van der Waals surface area contributed by atoms with Crippen LogP contribution in [0.2, 0.25) is 0 Å². The average molecular weight is 280 g/mol. The fourth-order valence-electron chi connectivity index (χ4n) is 3.46. The van der Waals surface area contributed by atoms with E-state index in [1.807, 2.05) is 6.07 Å². The molecule has 1 heterocycles. The first-order valence-corrected chi connectivity index (χ1v) is 7.84. The van der Waals surface area contributed by atoms with E-state index in [0.717, 1.165) is 12.1 Å². The average Bonchev–Trinajstić information content (AvgIpc) is 3.07. The van der Waals surface area contributed by atoms with Crippen molar-refractivity contribution in [1.82, 2.24) is 9.78 Å². The minimum atomic E-state index is -0.441. The largest absolute Gasteiger partial charge is 0.396 e. The summed E-state index contributed by atoms with van der Waals surface area (Å²) in [5, 5.41) is 24.1. The number of nitrogens with zero attached hydrogens (tertiary/aromatic N) is 2. The summed E-state index contributed by atoms with van der Waals surface area (Å²) in [5.41, 5.74) is 0.545. The van der Waals surface area contributed by atoms with Gasteiger partial charge in [-0.3, -0.25) is 4.68 Å². The van der Waals surface area contributed by atoms with E-state index in [1.165, 1.54) is 25.7 Å². The third-order valence-corrected chi connectivity index (χ3v) is 4.43. The monoisotopic (exact) mass is 280 g/mol. The molecule has 0 bridgehead atoms. The van der Waals surface area contributed by atoms with Gasteiger partial charge in [-0.1, -0.05) is 26.7 Å². The van der Waals surface area contributed by atoms with Crippen molar-refractivity contribution < 1.29 is 10.2 Å². The Morgan fingerprint density at radius 2 is 1.95 bits per heavy atom. The van der Waals surface area contributed by atoms with Gasteiger partial charge < -0.3 is 10.2 Å². The third-order valence-electron chi connectivity index (χ3n) is 4.43. The lowest BCUT2D eigenvalue weighted by molar-refractivity contribution is 0.0360. The molecule has 0 aromatic carbocycles. The van der Waals surface area contributed by atoms with Gasteiger partial charge in [-0.05, 0) is 31.2 Å². The number of aliphatic hydroxyl groups is 2. The van der Waals surface area contributed by atoms with Crippen molar-refractivity contribution in [2.24, 2.45) is 11.3 Å². The summed E-state index contributed by atoms with van der Waals surface area (Å²) in [6.45, 7) is 4.27. The molecule has 1 aliphatic carbocycles. The highest BCUT2D eigenvalue weighted by Crippen LogP contribution is 2.32. The predicted molar refractivity (Wildman–Crippen MR) is 79.5 cm³/mol. The molecule has 1 saturated carbocycles. The molecule has 0 unspecified atom stereocenters. The minimum absolute atomic E-state index is 0.0119. The first-order chi connectivity index (χ1) is 9.58. The highest BCUT2D eigenvalue weighted by atomic mass is 16.3. The van der Waals surface area contributed by atoms with Gasteiger partial charge in [0.2, 0.25) is 0 Å². The van der Waals surface area contributed by atoms with E-state index in [9.17, 15) is 10.2 Å². The molecule has 0 atom stereocenters. The maximum absolute atomic E-state index is 9.71. The maximum atomic E-state index is 9.71. The molecule has 2 N–H and O–H groups in total. The molecule has 0 saturated heterocycles. The summed E-state index contributed by atoms with van der Waals surface area (Å²) in [6.07, 6.45) is 8.56. The van der Waals surface area contributed by atoms with E-state index in [4.69, 9.17) is 0 Å². The van der Waals surface area contributed by atoms with Gasteiger partial charge in [-0.2, -0.15) is 5.10 Å². The number of aliphatic hydroxyl groups excluding tert-OH is 2. The lowest BCUT2D eigenvalue weighted by atomic mass is 9.78. The van der Waals surface area contributed by atoms with Crippen LogP contribution in [0.3, 0.4) is 0 Å². The summed E-state index contributed by atoms with van der Waals surface area (Å²) in [5.74, 6) is 0.450. The van der Waals surface area contributed by atoms with Gasteiger partial charge in [0.15, 0.2) is 0 Å². The highest BCUT2D eigenvalue weighted by Gasteiger charge is 2.31. The zero-order valence-corrected chi connectivity index (χ0v) is 12.8. The van der Waals surface area contributed by atoms with Crippen molar-refractivity contribution in [1.29, 1.82) is 0 Å². The zero-order valence-electron chi connectivity index (χ0n) is 12.8. The first kappa shape index (κ1) is 15.5. The van der Waals surface area contributed by atoms with Crippen LogP contribution in [0, 0.1) is 11.3 Å². The summed E-state index contributed by atoms with van der Waals surface area (Å²) in [6, 6.07) is 2.59. The van der Waals surface area contributed by atoms with Crippen molar-refractivity contribution in [2.45, 2.75) is 58.4 Å². The van der Waals surface area contributed by atoms with E-state index in [-0.39, 0.29) is 13.2 Å². The lowest BCUT2D eigenvalue weighted by Gasteiger charge is -2.30. The van der Waals surface area contributed by atoms with Crippen LogP contribution < -0.4 is 0 Å². The van der Waals surface area contributed by atoms with Crippen LogP contribution in [0.25, 0.3) is 0 Å². The molecule has 1 aromatic rings. The summed E-state index contributed by atoms with van der Waals surface area (Å²) < 4.78 is 2.08. The quantitative estimate of drug-likeness (QED) is 0.807. The van der Waals surface area contributed by atoms with Crippen molar-refractivity contribution in [3.8, 4) is 0 Å². The van der Waals surface area contributed by atoms with E-state index >= 15 is 0 Å². The van der Waals surface area contributed by atoms with Crippen LogP contribution in [0.4, 0.5) is 0 Å². The fraction of sp³-hybridized carbons (Fsp3) is 0.812. The molecule has 20 heavy (non-hydrogen) atoms. The van der Waals surface area contributed by atoms with Crippen LogP contribution >= 0.6 is 0 Å². The van der Waals surface area contributed by atoms with Crippen molar-refractivity contribution in [3.63, 3.8) is 0 Å². The van der Waals surface area contributed by atoms with Crippen molar-refractivity contribution in [3.05, 3.63) is 18.0 Å². The second-order valence-electron chi connectivity index (χ2n) is 6.82. The topological polar surface area (TPSA) is 58.3 Å². The Hall–Kier alpha value is -0.870. The van der Waals surface area contributed by atoms with Gasteiger partial charge in [0.05, 0.1) is 24.9 Å². The van der Waals surface area contributed by atoms with Gasteiger partial charge in [-0.25, -0.2) is 0 Å². The molecule has 1 aliphatic rings. The molecule has 0 amide bonds. The SMILES string of the molecule is CC(C)CC(CO)(CO)Cc1ccn(C2CCCC2)n1. The normalized spacial score (nSPS) is 17.2. The van der Waals surface area contributed by atoms with Gasteiger partial charge in [-0.15, -0.1) is 0 Å². The predicted octanol–water partition coefficient (Wildman–Crippen LogP) is 2.56. The Bertz CT molecular complexity index is 404. The summed E-state index contributed by atoms with van der Waals surface area (Å²) >= 11 is 0. The first-order valence-electron chi connectivity index (χ1n) is 7.84. The summed E-state index contributed by atoms with van der Waals surface area (Å²) in [4.78, 5) is 0. The minimum Gasteiger partial charge on any atom is -0.396 e. The van der Waals surface area contributed by atoms with Crippen LogP contribution in [0.15, 0.2) is 12.3 Å². The maximum Gasteiger partial charge on any atom is 0.0632 e. The van der Waals surface area contributed by atoms with Gasteiger partial charge in [0, 0.05) is 18.0 Å². The van der Waals surface area contributed by atoms with Crippen LogP contribution in [0.1, 0.15) is 57.7 Å². The molecule has 4 heteroatoms. The number of hydrogen-bond donors (Lipinski definition) is 2. The Morgan fingerprint density at radius 3 is 2.50 bits per heavy atom. The number of hydrogen-bond acceptors (Lipinski definition) is 3. The Morgan fingerprint density at radius 1 is 1.30 bits per heavy atom.